The number of amides is 2. The van der Waals surface area contributed by atoms with Crippen LogP contribution >= 0.6 is 0 Å². The number of carbonyl (C=O) groups is 2. The Labute approximate surface area is 163 Å². The fourth-order valence-corrected chi connectivity index (χ4v) is 2.61. The third kappa shape index (κ3) is 6.17. The van der Waals surface area contributed by atoms with Crippen molar-refractivity contribution < 1.29 is 19.1 Å². The molecule has 0 unspecified atom stereocenters. The lowest BCUT2D eigenvalue weighted by Gasteiger charge is -2.11. The molecular formula is C20H22N4O4. The first-order chi connectivity index (χ1) is 13.7. The van der Waals surface area contributed by atoms with Gasteiger partial charge in [-0.3, -0.25) is 14.6 Å². The van der Waals surface area contributed by atoms with Crippen LogP contribution in [0.3, 0.4) is 0 Å². The lowest BCUT2D eigenvalue weighted by Crippen LogP contribution is -2.35. The molecule has 28 heavy (non-hydrogen) atoms. The van der Waals surface area contributed by atoms with Crippen molar-refractivity contribution in [2.24, 2.45) is 5.10 Å². The van der Waals surface area contributed by atoms with E-state index in [-0.39, 0.29) is 24.5 Å². The van der Waals surface area contributed by atoms with E-state index < -0.39 is 0 Å². The molecule has 8 heteroatoms. The van der Waals surface area contributed by atoms with Crippen LogP contribution in [0.15, 0.2) is 53.9 Å². The average molecular weight is 382 g/mol. The van der Waals surface area contributed by atoms with Crippen molar-refractivity contribution >= 4 is 18.0 Å². The van der Waals surface area contributed by atoms with Gasteiger partial charge in [-0.2, -0.15) is 5.10 Å². The summed E-state index contributed by atoms with van der Waals surface area (Å²) in [5.74, 6) is 0.0568. The third-order valence-corrected chi connectivity index (χ3v) is 4.10. The van der Waals surface area contributed by atoms with E-state index >= 15 is 0 Å². The van der Waals surface area contributed by atoms with E-state index in [4.69, 9.17) is 9.47 Å². The Morgan fingerprint density at radius 2 is 2.14 bits per heavy atom. The molecule has 1 saturated heterocycles. The minimum absolute atomic E-state index is 0.0542. The van der Waals surface area contributed by atoms with Gasteiger partial charge in [0.15, 0.2) is 6.61 Å². The van der Waals surface area contributed by atoms with E-state index in [9.17, 15) is 9.59 Å². The van der Waals surface area contributed by atoms with Crippen molar-refractivity contribution in [2.45, 2.75) is 18.9 Å². The van der Waals surface area contributed by atoms with Crippen molar-refractivity contribution in [1.82, 2.24) is 15.7 Å². The highest BCUT2D eigenvalue weighted by atomic mass is 16.5. The topological polar surface area (TPSA) is 102 Å². The first kappa shape index (κ1) is 19.5. The number of pyridine rings is 1. The number of nitrogens with zero attached hydrogens (tertiary/aromatic N) is 2. The van der Waals surface area contributed by atoms with E-state index in [1.165, 1.54) is 12.4 Å². The first-order valence-corrected chi connectivity index (χ1v) is 9.05. The maximum atomic E-state index is 11.8. The molecule has 1 atom stereocenters. The van der Waals surface area contributed by atoms with E-state index in [0.29, 0.717) is 17.9 Å². The quantitative estimate of drug-likeness (QED) is 0.532. The standard InChI is InChI=1S/C20H22N4O4/c25-19(22-13-18-4-2-10-27-18)14-28-17-7-5-15(6-8-17)11-23-24-20(26)16-3-1-9-21-12-16/h1,3,5-9,11-12,18H,2,4,10,13-14H2,(H,22,25)(H,24,26)/b23-11-/t18-/m0/s1. The van der Waals surface area contributed by atoms with Gasteiger partial charge in [0.2, 0.25) is 0 Å². The number of ether oxygens (including phenoxy) is 2. The van der Waals surface area contributed by atoms with Crippen LogP contribution in [0.1, 0.15) is 28.8 Å². The molecule has 1 aliphatic heterocycles. The molecule has 0 spiro atoms. The maximum absolute atomic E-state index is 11.8. The van der Waals surface area contributed by atoms with Gasteiger partial charge in [0.25, 0.3) is 11.8 Å². The summed E-state index contributed by atoms with van der Waals surface area (Å²) < 4.78 is 10.9. The number of benzene rings is 1. The summed E-state index contributed by atoms with van der Waals surface area (Å²) in [5.41, 5.74) is 3.65. The minimum atomic E-state index is -0.335. The smallest absolute Gasteiger partial charge is 0.272 e. The summed E-state index contributed by atoms with van der Waals surface area (Å²) in [4.78, 5) is 27.5. The van der Waals surface area contributed by atoms with E-state index in [1.54, 1.807) is 42.6 Å². The van der Waals surface area contributed by atoms with Crippen LogP contribution in [-0.4, -0.2) is 48.9 Å². The first-order valence-electron chi connectivity index (χ1n) is 9.05. The second-order valence-corrected chi connectivity index (χ2v) is 6.24. The van der Waals surface area contributed by atoms with Crippen LogP contribution in [0.2, 0.25) is 0 Å². The molecule has 1 aliphatic rings. The Bertz CT molecular complexity index is 803. The predicted octanol–water partition coefficient (Wildman–Crippen LogP) is 1.52. The summed E-state index contributed by atoms with van der Waals surface area (Å²) >= 11 is 0. The van der Waals surface area contributed by atoms with Crippen LogP contribution in [-0.2, 0) is 9.53 Å². The predicted molar refractivity (Wildman–Crippen MR) is 103 cm³/mol. The summed E-state index contributed by atoms with van der Waals surface area (Å²) in [7, 11) is 0. The van der Waals surface area contributed by atoms with E-state index in [2.05, 4.69) is 20.8 Å². The van der Waals surface area contributed by atoms with Gasteiger partial charge >= 0.3 is 0 Å². The number of hydrogen-bond acceptors (Lipinski definition) is 6. The van der Waals surface area contributed by atoms with Crippen molar-refractivity contribution in [1.29, 1.82) is 0 Å². The van der Waals surface area contributed by atoms with Crippen LogP contribution in [0, 0.1) is 0 Å². The molecule has 146 valence electrons. The highest BCUT2D eigenvalue weighted by Gasteiger charge is 2.16. The van der Waals surface area contributed by atoms with Gasteiger partial charge in [-0.25, -0.2) is 5.43 Å². The lowest BCUT2D eigenvalue weighted by atomic mass is 10.2. The summed E-state index contributed by atoms with van der Waals surface area (Å²) in [6.45, 7) is 1.23. The SMILES string of the molecule is O=C(COc1ccc(/C=N\NC(=O)c2cccnc2)cc1)NC[C@@H]1CCCO1. The fourth-order valence-electron chi connectivity index (χ4n) is 2.61. The Hall–Kier alpha value is -3.26. The van der Waals surface area contributed by atoms with Crippen molar-refractivity contribution in [3.63, 3.8) is 0 Å². The molecule has 1 aromatic carbocycles. The van der Waals surface area contributed by atoms with Gasteiger partial charge in [-0.05, 0) is 54.8 Å². The molecule has 0 aliphatic carbocycles. The molecule has 2 amide bonds. The summed E-state index contributed by atoms with van der Waals surface area (Å²) in [6, 6.07) is 10.4. The minimum Gasteiger partial charge on any atom is -0.484 e. The van der Waals surface area contributed by atoms with Gasteiger partial charge in [0.1, 0.15) is 5.75 Å². The number of rotatable bonds is 8. The van der Waals surface area contributed by atoms with Crippen molar-refractivity contribution in [2.75, 3.05) is 19.8 Å². The molecule has 0 saturated carbocycles. The number of aromatic nitrogens is 1. The number of hydrazone groups is 1. The molecule has 2 N–H and O–H groups in total. The Morgan fingerprint density at radius 3 is 2.86 bits per heavy atom. The largest absolute Gasteiger partial charge is 0.484 e. The van der Waals surface area contributed by atoms with Gasteiger partial charge in [0, 0.05) is 25.5 Å². The molecule has 0 radical (unpaired) electrons. The van der Waals surface area contributed by atoms with Crippen LogP contribution in [0.25, 0.3) is 0 Å². The van der Waals surface area contributed by atoms with Gasteiger partial charge in [0.05, 0.1) is 17.9 Å². The Balaban J connectivity index is 1.39. The molecule has 1 aromatic heterocycles. The van der Waals surface area contributed by atoms with Crippen LogP contribution < -0.4 is 15.5 Å². The third-order valence-electron chi connectivity index (χ3n) is 4.10. The molecule has 2 heterocycles. The highest BCUT2D eigenvalue weighted by Crippen LogP contribution is 2.12. The normalized spacial score (nSPS) is 16.1. The van der Waals surface area contributed by atoms with Crippen LogP contribution in [0.4, 0.5) is 0 Å². The summed E-state index contributed by atoms with van der Waals surface area (Å²) in [6.07, 6.45) is 6.71. The zero-order chi connectivity index (χ0) is 19.6. The van der Waals surface area contributed by atoms with Gasteiger partial charge < -0.3 is 14.8 Å². The van der Waals surface area contributed by atoms with Crippen molar-refractivity contribution in [3.8, 4) is 5.75 Å². The second kappa shape index (κ2) is 10.2. The van der Waals surface area contributed by atoms with Gasteiger partial charge in [-0.1, -0.05) is 0 Å². The molecule has 0 bridgehead atoms. The number of nitrogens with one attached hydrogen (secondary N) is 2. The highest BCUT2D eigenvalue weighted by molar-refractivity contribution is 5.94. The monoisotopic (exact) mass is 382 g/mol. The molecule has 2 aromatic rings. The number of carbonyl (C=O) groups excluding carboxylic acids is 2. The zero-order valence-electron chi connectivity index (χ0n) is 15.3. The lowest BCUT2D eigenvalue weighted by molar-refractivity contribution is -0.123. The van der Waals surface area contributed by atoms with E-state index in [1.807, 2.05) is 0 Å². The zero-order valence-corrected chi connectivity index (χ0v) is 15.3. The molecular weight excluding hydrogens is 360 g/mol. The molecule has 1 fully saturated rings. The molecule has 3 rings (SSSR count). The second-order valence-electron chi connectivity index (χ2n) is 6.24. The fraction of sp³-hybridized carbons (Fsp3) is 0.300. The maximum Gasteiger partial charge on any atom is 0.272 e. The molecule has 8 nitrogen and oxygen atoms in total. The summed E-state index contributed by atoms with van der Waals surface area (Å²) in [5, 5.41) is 6.72. The van der Waals surface area contributed by atoms with Crippen molar-refractivity contribution in [3.05, 3.63) is 59.9 Å². The average Bonchev–Trinajstić information content (AvgIpc) is 3.26. The van der Waals surface area contributed by atoms with Gasteiger partial charge in [-0.15, -0.1) is 0 Å². The number of hydrogen-bond donors (Lipinski definition) is 2. The Kier molecular flexibility index (Phi) is 7.08. The van der Waals surface area contributed by atoms with E-state index in [0.717, 1.165) is 25.0 Å². The van der Waals surface area contributed by atoms with Crippen LogP contribution in [0.5, 0.6) is 5.75 Å². The Morgan fingerprint density at radius 1 is 1.29 bits per heavy atom.